The van der Waals surface area contributed by atoms with Crippen molar-refractivity contribution < 1.29 is 0 Å². The van der Waals surface area contributed by atoms with E-state index in [1.165, 1.54) is 16.5 Å². The van der Waals surface area contributed by atoms with E-state index in [1.807, 2.05) is 6.20 Å². The van der Waals surface area contributed by atoms with Gasteiger partial charge in [-0.2, -0.15) is 0 Å². The van der Waals surface area contributed by atoms with Crippen LogP contribution in [-0.4, -0.2) is 36.1 Å². The number of piperazine rings is 1. The standard InChI is InChI=1S/C14H19N3.2ClH/c1-11(17-8-6-15-7-9-17)12-2-3-14-13(10-12)4-5-16-14;;/h2-5,10-11,15-16H,6-9H2,1H3;2*1H/t11-;;/m0../s1. The molecule has 1 aromatic heterocycles. The molecule has 1 aromatic carbocycles. The predicted molar refractivity (Wildman–Crippen MR) is 85.7 cm³/mol. The lowest BCUT2D eigenvalue weighted by Crippen LogP contribution is -2.44. The second-order valence-electron chi connectivity index (χ2n) is 4.79. The summed E-state index contributed by atoms with van der Waals surface area (Å²) in [6.45, 7) is 6.81. The Balaban J connectivity index is 0.000000902. The van der Waals surface area contributed by atoms with Gasteiger partial charge < -0.3 is 10.3 Å². The molecule has 19 heavy (non-hydrogen) atoms. The highest BCUT2D eigenvalue weighted by Gasteiger charge is 2.17. The van der Waals surface area contributed by atoms with Gasteiger partial charge in [-0.15, -0.1) is 24.8 Å². The zero-order valence-corrected chi connectivity index (χ0v) is 12.7. The number of nitrogens with zero attached hydrogens (tertiary/aromatic N) is 1. The van der Waals surface area contributed by atoms with Crippen molar-refractivity contribution >= 4 is 35.7 Å². The third-order valence-electron chi connectivity index (χ3n) is 3.76. The molecule has 2 aromatic rings. The molecule has 0 aliphatic carbocycles. The van der Waals surface area contributed by atoms with E-state index in [4.69, 9.17) is 0 Å². The Morgan fingerprint density at radius 2 is 1.84 bits per heavy atom. The third kappa shape index (κ3) is 3.42. The Morgan fingerprint density at radius 1 is 1.11 bits per heavy atom. The summed E-state index contributed by atoms with van der Waals surface area (Å²) in [6, 6.07) is 9.38. The molecule has 3 nitrogen and oxygen atoms in total. The molecule has 0 spiro atoms. The fraction of sp³-hybridized carbons (Fsp3) is 0.429. The van der Waals surface area contributed by atoms with Crippen molar-refractivity contribution in [1.82, 2.24) is 15.2 Å². The number of nitrogens with one attached hydrogen (secondary N) is 2. The first-order chi connectivity index (χ1) is 8.34. The van der Waals surface area contributed by atoms with Gasteiger partial charge >= 0.3 is 0 Å². The quantitative estimate of drug-likeness (QED) is 0.893. The number of fused-ring (bicyclic) bond motifs is 1. The molecule has 1 atom stereocenters. The number of benzene rings is 1. The van der Waals surface area contributed by atoms with Crippen LogP contribution in [0.1, 0.15) is 18.5 Å². The molecule has 1 aliphatic rings. The minimum absolute atomic E-state index is 0. The lowest BCUT2D eigenvalue weighted by atomic mass is 10.0. The van der Waals surface area contributed by atoms with Crippen LogP contribution in [0.15, 0.2) is 30.5 Å². The molecule has 0 bridgehead atoms. The molecule has 1 aliphatic heterocycles. The molecule has 0 unspecified atom stereocenters. The number of halogens is 2. The van der Waals surface area contributed by atoms with Crippen LogP contribution >= 0.6 is 24.8 Å². The number of aromatic amines is 1. The van der Waals surface area contributed by atoms with Crippen LogP contribution in [0.5, 0.6) is 0 Å². The third-order valence-corrected chi connectivity index (χ3v) is 3.76. The van der Waals surface area contributed by atoms with Crippen LogP contribution in [0.3, 0.4) is 0 Å². The Bertz CT molecular complexity index is 506. The van der Waals surface area contributed by atoms with Gasteiger partial charge in [-0.1, -0.05) is 6.07 Å². The van der Waals surface area contributed by atoms with Crippen molar-refractivity contribution in [2.75, 3.05) is 26.2 Å². The van der Waals surface area contributed by atoms with Gasteiger partial charge in [0.1, 0.15) is 0 Å². The summed E-state index contributed by atoms with van der Waals surface area (Å²) in [5.74, 6) is 0. The molecule has 0 saturated carbocycles. The minimum Gasteiger partial charge on any atom is -0.361 e. The molecule has 1 saturated heterocycles. The first kappa shape index (κ1) is 16.3. The maximum absolute atomic E-state index is 3.40. The van der Waals surface area contributed by atoms with E-state index in [-0.39, 0.29) is 24.8 Å². The average Bonchev–Trinajstić information content (AvgIpc) is 2.86. The topological polar surface area (TPSA) is 31.1 Å². The maximum Gasteiger partial charge on any atom is 0.0454 e. The smallest absolute Gasteiger partial charge is 0.0454 e. The van der Waals surface area contributed by atoms with E-state index in [9.17, 15) is 0 Å². The molecule has 2 N–H and O–H groups in total. The largest absolute Gasteiger partial charge is 0.361 e. The van der Waals surface area contributed by atoms with Crippen LogP contribution in [0, 0.1) is 0 Å². The van der Waals surface area contributed by atoms with Gasteiger partial charge in [-0.25, -0.2) is 0 Å². The molecule has 3 rings (SSSR count). The lowest BCUT2D eigenvalue weighted by molar-refractivity contribution is 0.185. The monoisotopic (exact) mass is 301 g/mol. The van der Waals surface area contributed by atoms with Gasteiger partial charge in [0.25, 0.3) is 0 Å². The van der Waals surface area contributed by atoms with E-state index < -0.39 is 0 Å². The molecule has 106 valence electrons. The zero-order valence-electron chi connectivity index (χ0n) is 11.1. The fourth-order valence-corrected chi connectivity index (χ4v) is 2.61. The molecule has 5 heteroatoms. The summed E-state index contributed by atoms with van der Waals surface area (Å²) in [7, 11) is 0. The van der Waals surface area contributed by atoms with Crippen molar-refractivity contribution in [2.24, 2.45) is 0 Å². The van der Waals surface area contributed by atoms with Gasteiger partial charge in [-0.3, -0.25) is 4.90 Å². The number of hydrogen-bond donors (Lipinski definition) is 2. The van der Waals surface area contributed by atoms with Crippen molar-refractivity contribution in [3.05, 3.63) is 36.0 Å². The highest BCUT2D eigenvalue weighted by molar-refractivity contribution is 5.85. The van der Waals surface area contributed by atoms with Crippen molar-refractivity contribution in [3.8, 4) is 0 Å². The van der Waals surface area contributed by atoms with Crippen LogP contribution in [0.2, 0.25) is 0 Å². The van der Waals surface area contributed by atoms with E-state index in [1.54, 1.807) is 0 Å². The number of hydrogen-bond acceptors (Lipinski definition) is 2. The molecule has 2 heterocycles. The summed E-state index contributed by atoms with van der Waals surface area (Å²) in [5.41, 5.74) is 2.64. The van der Waals surface area contributed by atoms with Gasteiger partial charge in [-0.05, 0) is 36.1 Å². The summed E-state index contributed by atoms with van der Waals surface area (Å²) in [6.07, 6.45) is 2.00. The first-order valence-electron chi connectivity index (χ1n) is 6.36. The van der Waals surface area contributed by atoms with Crippen molar-refractivity contribution in [1.29, 1.82) is 0 Å². The molecular formula is C14H21Cl2N3. The second kappa shape index (κ2) is 7.15. The Labute approximate surface area is 126 Å². The first-order valence-corrected chi connectivity index (χ1v) is 6.36. The van der Waals surface area contributed by atoms with E-state index >= 15 is 0 Å². The average molecular weight is 302 g/mol. The van der Waals surface area contributed by atoms with Gasteiger partial charge in [0.15, 0.2) is 0 Å². The fourth-order valence-electron chi connectivity index (χ4n) is 2.61. The van der Waals surface area contributed by atoms with Gasteiger partial charge in [0, 0.05) is 43.9 Å². The lowest BCUT2D eigenvalue weighted by Gasteiger charge is -2.33. The number of rotatable bonds is 2. The number of aromatic nitrogens is 1. The second-order valence-corrected chi connectivity index (χ2v) is 4.79. The van der Waals surface area contributed by atoms with Crippen LogP contribution < -0.4 is 5.32 Å². The summed E-state index contributed by atoms with van der Waals surface area (Å²) in [5, 5.41) is 4.71. The van der Waals surface area contributed by atoms with Gasteiger partial charge in [0.05, 0.1) is 0 Å². The van der Waals surface area contributed by atoms with Crippen LogP contribution in [0.25, 0.3) is 10.9 Å². The Kier molecular flexibility index (Phi) is 6.14. The predicted octanol–water partition coefficient (Wildman–Crippen LogP) is 2.98. The van der Waals surface area contributed by atoms with Crippen molar-refractivity contribution in [2.45, 2.75) is 13.0 Å². The summed E-state index contributed by atoms with van der Waals surface area (Å²) >= 11 is 0. The maximum atomic E-state index is 3.40. The molecule has 0 radical (unpaired) electrons. The van der Waals surface area contributed by atoms with Crippen LogP contribution in [-0.2, 0) is 0 Å². The van der Waals surface area contributed by atoms with E-state index in [2.05, 4.69) is 46.4 Å². The Morgan fingerprint density at radius 3 is 2.58 bits per heavy atom. The van der Waals surface area contributed by atoms with E-state index in [0.717, 1.165) is 26.2 Å². The SMILES string of the molecule is C[C@@H](c1ccc2[nH]ccc2c1)N1CCNCC1.Cl.Cl. The van der Waals surface area contributed by atoms with Crippen LogP contribution in [0.4, 0.5) is 0 Å². The minimum atomic E-state index is 0. The normalized spacial score (nSPS) is 17.5. The van der Waals surface area contributed by atoms with Gasteiger partial charge in [0.2, 0.25) is 0 Å². The Hall–Kier alpha value is -0.740. The summed E-state index contributed by atoms with van der Waals surface area (Å²) in [4.78, 5) is 5.79. The van der Waals surface area contributed by atoms with Crippen molar-refractivity contribution in [3.63, 3.8) is 0 Å². The zero-order chi connectivity index (χ0) is 11.7. The van der Waals surface area contributed by atoms with E-state index in [0.29, 0.717) is 6.04 Å². The summed E-state index contributed by atoms with van der Waals surface area (Å²) < 4.78 is 0. The number of H-pyrrole nitrogens is 1. The molecule has 0 amide bonds. The molecule has 1 fully saturated rings. The highest BCUT2D eigenvalue weighted by Crippen LogP contribution is 2.24. The molecular weight excluding hydrogens is 281 g/mol. The highest BCUT2D eigenvalue weighted by atomic mass is 35.5.